The highest BCUT2D eigenvalue weighted by molar-refractivity contribution is 5.57. The van der Waals surface area contributed by atoms with E-state index in [1.807, 2.05) is 60.7 Å². The summed E-state index contributed by atoms with van der Waals surface area (Å²) in [6.07, 6.45) is 1.75. The van der Waals surface area contributed by atoms with Gasteiger partial charge >= 0.3 is 0 Å². The van der Waals surface area contributed by atoms with E-state index in [4.69, 9.17) is 10.5 Å². The fourth-order valence-electron chi connectivity index (χ4n) is 1.91. The summed E-state index contributed by atoms with van der Waals surface area (Å²) < 4.78 is 5.74. The molecule has 3 N–H and O–H groups in total. The molecule has 0 spiro atoms. The van der Waals surface area contributed by atoms with Crippen molar-refractivity contribution in [2.24, 2.45) is 0 Å². The van der Waals surface area contributed by atoms with Crippen LogP contribution < -0.4 is 15.8 Å². The van der Waals surface area contributed by atoms with Crippen molar-refractivity contribution in [2.45, 2.75) is 0 Å². The van der Waals surface area contributed by atoms with Gasteiger partial charge in [-0.2, -0.15) is 0 Å². The lowest BCUT2D eigenvalue weighted by Gasteiger charge is -2.08. The maximum atomic E-state index is 5.74. The molecule has 1 heterocycles. The first kappa shape index (κ1) is 13.0. The van der Waals surface area contributed by atoms with Crippen LogP contribution in [-0.2, 0) is 0 Å². The molecule has 3 rings (SSSR count). The van der Waals surface area contributed by atoms with E-state index in [-0.39, 0.29) is 0 Å². The largest absolute Gasteiger partial charge is 0.457 e. The Balaban J connectivity index is 1.69. The van der Waals surface area contributed by atoms with Crippen molar-refractivity contribution in [1.29, 1.82) is 0 Å². The molecule has 0 saturated carbocycles. The normalized spacial score (nSPS) is 10.1. The third-order valence-corrected chi connectivity index (χ3v) is 2.89. The van der Waals surface area contributed by atoms with E-state index in [0.717, 1.165) is 23.0 Å². The number of hydrogen-bond donors (Lipinski definition) is 2. The van der Waals surface area contributed by atoms with Gasteiger partial charge in [0.05, 0.1) is 0 Å². The maximum absolute atomic E-state index is 5.74. The van der Waals surface area contributed by atoms with E-state index in [1.165, 1.54) is 0 Å². The lowest BCUT2D eigenvalue weighted by Crippen LogP contribution is -1.92. The van der Waals surface area contributed by atoms with Crippen LogP contribution in [-0.4, -0.2) is 4.98 Å². The molecule has 0 fully saturated rings. The second kappa shape index (κ2) is 5.96. The van der Waals surface area contributed by atoms with Crippen molar-refractivity contribution >= 4 is 17.2 Å². The topological polar surface area (TPSA) is 60.2 Å². The van der Waals surface area contributed by atoms with Crippen LogP contribution in [0.25, 0.3) is 0 Å². The average molecular weight is 277 g/mol. The molecule has 0 radical (unpaired) electrons. The Hall–Kier alpha value is -3.01. The number of nitrogens with two attached hydrogens (primary N) is 1. The predicted octanol–water partition coefficient (Wildman–Crippen LogP) is 4.20. The van der Waals surface area contributed by atoms with Gasteiger partial charge in [0, 0.05) is 23.6 Å². The summed E-state index contributed by atoms with van der Waals surface area (Å²) in [5.74, 6) is 2.29. The number of nitrogens with zero attached hydrogens (tertiary/aromatic N) is 1. The minimum absolute atomic E-state index is 0.681. The average Bonchev–Trinajstić information content (AvgIpc) is 2.50. The SMILES string of the molecule is Nc1cccc(Oc2ccc(Nc3ccccn3)cc2)c1. The zero-order valence-corrected chi connectivity index (χ0v) is 11.4. The predicted molar refractivity (Wildman–Crippen MR) is 84.9 cm³/mol. The molecule has 0 atom stereocenters. The third-order valence-electron chi connectivity index (χ3n) is 2.89. The second-order valence-electron chi connectivity index (χ2n) is 4.54. The van der Waals surface area contributed by atoms with Crippen molar-refractivity contribution in [1.82, 2.24) is 4.98 Å². The van der Waals surface area contributed by atoms with Crippen LogP contribution in [0.1, 0.15) is 0 Å². The number of benzene rings is 2. The molecule has 3 aromatic rings. The Morgan fingerprint density at radius 2 is 1.71 bits per heavy atom. The summed E-state index contributed by atoms with van der Waals surface area (Å²) in [6, 6.07) is 20.8. The Labute approximate surface area is 123 Å². The van der Waals surface area contributed by atoms with Crippen molar-refractivity contribution in [3.8, 4) is 11.5 Å². The van der Waals surface area contributed by atoms with Crippen LogP contribution in [0.2, 0.25) is 0 Å². The summed E-state index contributed by atoms with van der Waals surface area (Å²) in [5, 5.41) is 3.22. The maximum Gasteiger partial charge on any atom is 0.130 e. The van der Waals surface area contributed by atoms with E-state index in [2.05, 4.69) is 10.3 Å². The molecule has 0 aliphatic rings. The second-order valence-corrected chi connectivity index (χ2v) is 4.54. The van der Waals surface area contributed by atoms with Gasteiger partial charge in [-0.15, -0.1) is 0 Å². The van der Waals surface area contributed by atoms with Crippen molar-refractivity contribution in [2.75, 3.05) is 11.1 Å². The number of aromatic nitrogens is 1. The van der Waals surface area contributed by atoms with Gasteiger partial charge < -0.3 is 15.8 Å². The number of nitrogens with one attached hydrogen (secondary N) is 1. The molecule has 1 aromatic heterocycles. The van der Waals surface area contributed by atoms with E-state index in [9.17, 15) is 0 Å². The van der Waals surface area contributed by atoms with Gasteiger partial charge in [0.15, 0.2) is 0 Å². The van der Waals surface area contributed by atoms with Gasteiger partial charge in [0.25, 0.3) is 0 Å². The first-order valence-electron chi connectivity index (χ1n) is 6.61. The molecule has 0 bridgehead atoms. The first-order chi connectivity index (χ1) is 10.3. The molecule has 4 nitrogen and oxygen atoms in total. The monoisotopic (exact) mass is 277 g/mol. The summed E-state index contributed by atoms with van der Waals surface area (Å²) in [4.78, 5) is 4.22. The molecule has 0 unspecified atom stereocenters. The molecule has 21 heavy (non-hydrogen) atoms. The number of pyridine rings is 1. The lowest BCUT2D eigenvalue weighted by molar-refractivity contribution is 0.483. The Kier molecular flexibility index (Phi) is 3.69. The summed E-state index contributed by atoms with van der Waals surface area (Å²) in [5.41, 5.74) is 7.36. The zero-order chi connectivity index (χ0) is 14.5. The molecule has 0 aliphatic heterocycles. The molecule has 4 heteroatoms. The van der Waals surface area contributed by atoms with Gasteiger partial charge in [0.1, 0.15) is 17.3 Å². The molecular weight excluding hydrogens is 262 g/mol. The highest BCUT2D eigenvalue weighted by atomic mass is 16.5. The van der Waals surface area contributed by atoms with E-state index in [1.54, 1.807) is 12.3 Å². The van der Waals surface area contributed by atoms with Crippen LogP contribution in [0.5, 0.6) is 11.5 Å². The van der Waals surface area contributed by atoms with E-state index < -0.39 is 0 Å². The zero-order valence-electron chi connectivity index (χ0n) is 11.4. The quantitative estimate of drug-likeness (QED) is 0.702. The van der Waals surface area contributed by atoms with Crippen LogP contribution in [0.3, 0.4) is 0 Å². The fourth-order valence-corrected chi connectivity index (χ4v) is 1.91. The van der Waals surface area contributed by atoms with Gasteiger partial charge in [-0.1, -0.05) is 12.1 Å². The smallest absolute Gasteiger partial charge is 0.130 e. The van der Waals surface area contributed by atoms with Crippen molar-refractivity contribution in [3.05, 3.63) is 72.9 Å². The number of hydrogen-bond acceptors (Lipinski definition) is 4. The molecule has 2 aromatic carbocycles. The number of ether oxygens (including phenoxy) is 1. The van der Waals surface area contributed by atoms with Crippen molar-refractivity contribution in [3.63, 3.8) is 0 Å². The lowest BCUT2D eigenvalue weighted by atomic mass is 10.3. The summed E-state index contributed by atoms with van der Waals surface area (Å²) in [7, 11) is 0. The third kappa shape index (κ3) is 3.51. The van der Waals surface area contributed by atoms with Crippen LogP contribution in [0, 0.1) is 0 Å². The Morgan fingerprint density at radius 3 is 2.43 bits per heavy atom. The Bertz CT molecular complexity index is 712. The van der Waals surface area contributed by atoms with Gasteiger partial charge in [-0.25, -0.2) is 4.98 Å². The molecule has 0 aliphatic carbocycles. The van der Waals surface area contributed by atoms with Crippen LogP contribution >= 0.6 is 0 Å². The first-order valence-corrected chi connectivity index (χ1v) is 6.61. The van der Waals surface area contributed by atoms with E-state index in [0.29, 0.717) is 5.69 Å². The molecule has 0 amide bonds. The van der Waals surface area contributed by atoms with E-state index >= 15 is 0 Å². The number of anilines is 3. The molecule has 104 valence electrons. The molecule has 0 saturated heterocycles. The number of nitrogen functional groups attached to an aromatic ring is 1. The number of rotatable bonds is 4. The minimum atomic E-state index is 0.681. The minimum Gasteiger partial charge on any atom is -0.457 e. The van der Waals surface area contributed by atoms with Gasteiger partial charge in [-0.05, 0) is 48.5 Å². The summed E-state index contributed by atoms with van der Waals surface area (Å²) in [6.45, 7) is 0. The standard InChI is InChI=1S/C17H15N3O/c18-13-4-3-5-16(12-13)21-15-9-7-14(8-10-15)20-17-6-1-2-11-19-17/h1-12H,18H2,(H,19,20). The van der Waals surface area contributed by atoms with Crippen molar-refractivity contribution < 1.29 is 4.74 Å². The van der Waals surface area contributed by atoms with Gasteiger partial charge in [0.2, 0.25) is 0 Å². The Morgan fingerprint density at radius 1 is 0.857 bits per heavy atom. The summed E-state index contributed by atoms with van der Waals surface area (Å²) >= 11 is 0. The highest BCUT2D eigenvalue weighted by Gasteiger charge is 1.99. The van der Waals surface area contributed by atoms with Crippen LogP contribution in [0.15, 0.2) is 72.9 Å². The fraction of sp³-hybridized carbons (Fsp3) is 0. The van der Waals surface area contributed by atoms with Gasteiger partial charge in [-0.3, -0.25) is 0 Å². The highest BCUT2D eigenvalue weighted by Crippen LogP contribution is 2.25. The molecular formula is C17H15N3O. The van der Waals surface area contributed by atoms with Crippen LogP contribution in [0.4, 0.5) is 17.2 Å².